The van der Waals surface area contributed by atoms with E-state index in [1.54, 1.807) is 12.7 Å². The van der Waals surface area contributed by atoms with Gasteiger partial charge in [-0.25, -0.2) is 0 Å². The number of hydrogen-bond acceptors (Lipinski definition) is 8. The monoisotopic (exact) mass is 332 g/mol. The van der Waals surface area contributed by atoms with Crippen LogP contribution in [0, 0.1) is 0 Å². The third-order valence-electron chi connectivity index (χ3n) is 4.16. The van der Waals surface area contributed by atoms with Crippen LogP contribution in [0.25, 0.3) is 5.69 Å². The number of nitrogens with two attached hydrogens (primary N) is 3. The second-order valence-corrected chi connectivity index (χ2v) is 5.83. The normalized spacial score (nSPS) is 14.7. The van der Waals surface area contributed by atoms with Crippen LogP contribution in [-0.2, 0) is 4.74 Å². The van der Waals surface area contributed by atoms with Crippen LogP contribution in [0.3, 0.4) is 0 Å². The molecule has 0 radical (unpaired) electrons. The molecule has 24 heavy (non-hydrogen) atoms. The number of ether oxygens (including phenoxy) is 1. The number of nitrogens with zero attached hydrogens (tertiary/aromatic N) is 4. The van der Waals surface area contributed by atoms with Gasteiger partial charge in [0.2, 0.25) is 0 Å². The number of anilines is 3. The molecule has 2 aromatic rings. The number of hydrogen-bond donors (Lipinski definition) is 4. The third-order valence-corrected chi connectivity index (χ3v) is 4.16. The first kappa shape index (κ1) is 16.5. The highest BCUT2D eigenvalue weighted by atomic mass is 16.5. The predicted molar refractivity (Wildman–Crippen MR) is 93.8 cm³/mol. The van der Waals surface area contributed by atoms with Crippen molar-refractivity contribution in [2.75, 3.05) is 42.3 Å². The Labute approximate surface area is 140 Å². The maximum atomic E-state index is 6.23. The molecule has 0 amide bonds. The van der Waals surface area contributed by atoms with Gasteiger partial charge < -0.3 is 26.5 Å². The van der Waals surface area contributed by atoms with E-state index in [1.165, 1.54) is 0 Å². The number of aromatic nitrogens is 3. The molecule has 0 unspecified atom stereocenters. The molecule has 9 heteroatoms. The molecule has 1 aliphatic rings. The van der Waals surface area contributed by atoms with Crippen molar-refractivity contribution < 1.29 is 4.74 Å². The van der Waals surface area contributed by atoms with Crippen molar-refractivity contribution in [1.29, 1.82) is 0 Å². The summed E-state index contributed by atoms with van der Waals surface area (Å²) in [6, 6.07) is 3.87. The minimum absolute atomic E-state index is 0.232. The summed E-state index contributed by atoms with van der Waals surface area (Å²) < 4.78 is 7.64. The lowest BCUT2D eigenvalue weighted by molar-refractivity contribution is 0.0325. The zero-order valence-corrected chi connectivity index (χ0v) is 13.6. The Morgan fingerprint density at radius 1 is 1.21 bits per heavy atom. The van der Waals surface area contributed by atoms with Crippen molar-refractivity contribution in [1.82, 2.24) is 14.8 Å². The molecule has 0 spiro atoms. The highest BCUT2D eigenvalue weighted by Gasteiger charge is 2.29. The molecular weight excluding hydrogens is 308 g/mol. The molecular formula is C15H24N8O. The van der Waals surface area contributed by atoms with Crippen molar-refractivity contribution in [3.05, 3.63) is 24.8 Å². The molecule has 7 N–H and O–H groups in total. The van der Waals surface area contributed by atoms with E-state index < -0.39 is 0 Å². The standard InChI is InChI=1S/C15H24N8O/c16-3-1-2-4-24-12-7-22(8-12)14-6-11(23-9-19-20-10-23)5-13(21-18)15(14)17/h5-6,9-10,12,21H,1-4,7-8,16-18H2. The van der Waals surface area contributed by atoms with E-state index in [0.717, 1.165) is 43.9 Å². The van der Waals surface area contributed by atoms with Gasteiger partial charge in [0.1, 0.15) is 12.7 Å². The minimum atomic E-state index is 0.232. The van der Waals surface area contributed by atoms with Crippen LogP contribution in [0.15, 0.2) is 24.8 Å². The maximum absolute atomic E-state index is 6.23. The number of benzene rings is 1. The van der Waals surface area contributed by atoms with Crippen LogP contribution in [0.5, 0.6) is 0 Å². The van der Waals surface area contributed by atoms with Crippen LogP contribution < -0.4 is 27.6 Å². The molecule has 3 rings (SSSR count). The zero-order chi connectivity index (χ0) is 16.9. The van der Waals surface area contributed by atoms with Crippen molar-refractivity contribution in [2.24, 2.45) is 11.6 Å². The van der Waals surface area contributed by atoms with E-state index in [0.29, 0.717) is 17.9 Å². The Morgan fingerprint density at radius 3 is 2.62 bits per heavy atom. The quantitative estimate of drug-likeness (QED) is 0.231. The summed E-state index contributed by atoms with van der Waals surface area (Å²) in [6.45, 7) is 3.08. The van der Waals surface area contributed by atoms with Gasteiger partial charge in [0.05, 0.1) is 28.9 Å². The highest BCUT2D eigenvalue weighted by molar-refractivity contribution is 5.84. The number of unbranched alkanes of at least 4 members (excludes halogenated alkanes) is 1. The molecule has 1 fully saturated rings. The lowest BCUT2D eigenvalue weighted by Gasteiger charge is -2.41. The summed E-state index contributed by atoms with van der Waals surface area (Å²) in [5, 5.41) is 7.67. The molecule has 1 aromatic heterocycles. The molecule has 0 aliphatic carbocycles. The van der Waals surface area contributed by atoms with Gasteiger partial charge in [-0.3, -0.25) is 10.4 Å². The topological polar surface area (TPSA) is 133 Å². The Morgan fingerprint density at radius 2 is 1.96 bits per heavy atom. The lowest BCUT2D eigenvalue weighted by Crippen LogP contribution is -2.52. The van der Waals surface area contributed by atoms with Gasteiger partial charge in [-0.05, 0) is 31.5 Å². The fourth-order valence-electron chi connectivity index (χ4n) is 2.72. The van der Waals surface area contributed by atoms with Gasteiger partial charge >= 0.3 is 0 Å². The van der Waals surface area contributed by atoms with Crippen LogP contribution in [0.2, 0.25) is 0 Å². The summed E-state index contributed by atoms with van der Waals surface area (Å²) in [5.74, 6) is 5.60. The average Bonchev–Trinajstić information content (AvgIpc) is 3.08. The number of nitrogen functional groups attached to an aromatic ring is 2. The average molecular weight is 332 g/mol. The Hall–Kier alpha value is -2.36. The van der Waals surface area contributed by atoms with Crippen LogP contribution in [-0.4, -0.2) is 47.1 Å². The fourth-order valence-corrected chi connectivity index (χ4v) is 2.72. The number of hydrazine groups is 1. The lowest BCUT2D eigenvalue weighted by atomic mass is 10.1. The minimum Gasteiger partial charge on any atom is -0.395 e. The van der Waals surface area contributed by atoms with Gasteiger partial charge in [0.15, 0.2) is 0 Å². The van der Waals surface area contributed by atoms with Crippen LogP contribution in [0.4, 0.5) is 17.1 Å². The first-order valence-electron chi connectivity index (χ1n) is 8.04. The molecule has 2 heterocycles. The second kappa shape index (κ2) is 7.47. The number of rotatable bonds is 8. The van der Waals surface area contributed by atoms with Crippen molar-refractivity contribution in [3.8, 4) is 5.69 Å². The molecule has 0 bridgehead atoms. The van der Waals surface area contributed by atoms with E-state index in [2.05, 4.69) is 20.5 Å². The SMILES string of the molecule is NCCCCOC1CN(c2cc(-n3cnnc3)cc(NN)c2N)C1. The summed E-state index contributed by atoms with van der Waals surface area (Å²) in [5.41, 5.74) is 17.5. The van der Waals surface area contributed by atoms with E-state index in [-0.39, 0.29) is 6.10 Å². The summed E-state index contributed by atoms with van der Waals surface area (Å²) in [7, 11) is 0. The Balaban J connectivity index is 1.69. The van der Waals surface area contributed by atoms with Gasteiger partial charge in [0.25, 0.3) is 0 Å². The molecule has 1 aromatic carbocycles. The van der Waals surface area contributed by atoms with Gasteiger partial charge in [-0.2, -0.15) is 0 Å². The van der Waals surface area contributed by atoms with E-state index >= 15 is 0 Å². The van der Waals surface area contributed by atoms with Crippen molar-refractivity contribution >= 4 is 17.1 Å². The van der Waals surface area contributed by atoms with Crippen LogP contribution >= 0.6 is 0 Å². The summed E-state index contributed by atoms with van der Waals surface area (Å²) >= 11 is 0. The zero-order valence-electron chi connectivity index (χ0n) is 13.6. The smallest absolute Gasteiger partial charge is 0.123 e. The molecule has 0 saturated carbocycles. The summed E-state index contributed by atoms with van der Waals surface area (Å²) in [4.78, 5) is 2.18. The van der Waals surface area contributed by atoms with E-state index in [4.69, 9.17) is 22.0 Å². The largest absolute Gasteiger partial charge is 0.395 e. The molecule has 130 valence electrons. The fraction of sp³-hybridized carbons (Fsp3) is 0.467. The van der Waals surface area contributed by atoms with E-state index in [9.17, 15) is 0 Å². The van der Waals surface area contributed by atoms with E-state index in [1.807, 2.05) is 16.7 Å². The Bertz CT molecular complexity index is 654. The molecule has 9 nitrogen and oxygen atoms in total. The third kappa shape index (κ3) is 3.42. The van der Waals surface area contributed by atoms with Gasteiger partial charge in [-0.1, -0.05) is 0 Å². The maximum Gasteiger partial charge on any atom is 0.123 e. The highest BCUT2D eigenvalue weighted by Crippen LogP contribution is 2.36. The second-order valence-electron chi connectivity index (χ2n) is 5.83. The molecule has 1 aliphatic heterocycles. The summed E-state index contributed by atoms with van der Waals surface area (Å²) in [6.07, 6.45) is 5.49. The molecule has 0 atom stereocenters. The van der Waals surface area contributed by atoms with Crippen molar-refractivity contribution in [2.45, 2.75) is 18.9 Å². The van der Waals surface area contributed by atoms with Crippen molar-refractivity contribution in [3.63, 3.8) is 0 Å². The predicted octanol–water partition coefficient (Wildman–Crippen LogP) is 0.0792. The van der Waals surface area contributed by atoms with Crippen LogP contribution in [0.1, 0.15) is 12.8 Å². The first-order chi connectivity index (χ1) is 11.7. The van der Waals surface area contributed by atoms with Gasteiger partial charge in [-0.15, -0.1) is 10.2 Å². The molecule has 1 saturated heterocycles. The first-order valence-corrected chi connectivity index (χ1v) is 8.04. The van der Waals surface area contributed by atoms with Gasteiger partial charge in [0, 0.05) is 19.7 Å². The Kier molecular flexibility index (Phi) is 5.14. The number of nitrogens with one attached hydrogen (secondary N) is 1.